The second-order valence-electron chi connectivity index (χ2n) is 8.46. The second kappa shape index (κ2) is 7.70. The quantitative estimate of drug-likeness (QED) is 0.398. The summed E-state index contributed by atoms with van der Waals surface area (Å²) >= 11 is 6.25. The van der Waals surface area contributed by atoms with Gasteiger partial charge < -0.3 is 9.80 Å². The lowest BCUT2D eigenvalue weighted by atomic mass is 9.96. The first-order valence-corrected chi connectivity index (χ1v) is 11.2. The van der Waals surface area contributed by atoms with Gasteiger partial charge in [0.05, 0.1) is 22.5 Å². The van der Waals surface area contributed by atoms with E-state index in [0.29, 0.717) is 40.6 Å². The van der Waals surface area contributed by atoms with Crippen molar-refractivity contribution >= 4 is 45.0 Å². The number of carbonyl (C=O) groups is 1. The number of halogens is 3. The van der Waals surface area contributed by atoms with E-state index in [2.05, 4.69) is 26.4 Å². The summed E-state index contributed by atoms with van der Waals surface area (Å²) in [6.45, 7) is 4.82. The average molecular weight is 478 g/mol. The van der Waals surface area contributed by atoms with E-state index in [0.717, 1.165) is 6.42 Å². The Labute approximate surface area is 198 Å². The van der Waals surface area contributed by atoms with Crippen LogP contribution in [0, 0.1) is 11.6 Å². The first-order valence-electron chi connectivity index (χ1n) is 10.9. The normalized spacial score (nSPS) is 19.4. The van der Waals surface area contributed by atoms with Gasteiger partial charge in [-0.05, 0) is 23.9 Å². The number of hydrogen-bond donors (Lipinski definition) is 0. The number of pyridine rings is 1. The SMILES string of the molecule is C=CC(=O)N1CC[C@@H]2[C@H]1CN2c1ncnc2c(F)c(-c3cccc4ccc(F)c(Cl)c34)ncc12. The zero-order chi connectivity index (χ0) is 23.6. The zero-order valence-electron chi connectivity index (χ0n) is 17.9. The monoisotopic (exact) mass is 477 g/mol. The molecule has 2 aromatic carbocycles. The smallest absolute Gasteiger partial charge is 0.246 e. The molecule has 0 radical (unpaired) electrons. The van der Waals surface area contributed by atoms with Crippen LogP contribution in [0.2, 0.25) is 5.02 Å². The van der Waals surface area contributed by atoms with Gasteiger partial charge >= 0.3 is 0 Å². The summed E-state index contributed by atoms with van der Waals surface area (Å²) in [5.74, 6) is -0.706. The highest BCUT2D eigenvalue weighted by molar-refractivity contribution is 6.36. The van der Waals surface area contributed by atoms with Crippen LogP contribution in [-0.4, -0.2) is 50.9 Å². The molecule has 0 N–H and O–H groups in total. The Kier molecular flexibility index (Phi) is 4.74. The molecular weight excluding hydrogens is 460 g/mol. The molecule has 6 rings (SSSR count). The summed E-state index contributed by atoms with van der Waals surface area (Å²) < 4.78 is 30.0. The summed E-state index contributed by atoms with van der Waals surface area (Å²) in [5.41, 5.74) is 0.556. The van der Waals surface area contributed by atoms with Gasteiger partial charge in [-0.1, -0.05) is 42.4 Å². The fourth-order valence-corrected chi connectivity index (χ4v) is 5.43. The van der Waals surface area contributed by atoms with Crippen molar-refractivity contribution in [2.45, 2.75) is 18.5 Å². The number of aromatic nitrogens is 3. The van der Waals surface area contributed by atoms with Gasteiger partial charge in [0, 0.05) is 30.2 Å². The highest BCUT2D eigenvalue weighted by Crippen LogP contribution is 2.40. The molecule has 2 atom stereocenters. The number of hydrogen-bond acceptors (Lipinski definition) is 5. The van der Waals surface area contributed by atoms with Gasteiger partial charge in [-0.3, -0.25) is 9.78 Å². The van der Waals surface area contributed by atoms with E-state index >= 15 is 4.39 Å². The van der Waals surface area contributed by atoms with Gasteiger partial charge in [-0.25, -0.2) is 18.7 Å². The summed E-state index contributed by atoms with van der Waals surface area (Å²) in [7, 11) is 0. The Morgan fingerprint density at radius 2 is 2.00 bits per heavy atom. The number of carbonyl (C=O) groups excluding carboxylic acids is 1. The van der Waals surface area contributed by atoms with Crippen LogP contribution in [0.25, 0.3) is 32.9 Å². The van der Waals surface area contributed by atoms with Gasteiger partial charge in [-0.2, -0.15) is 0 Å². The maximum absolute atomic E-state index is 15.8. The molecule has 2 aliphatic rings. The molecule has 4 aromatic rings. The minimum Gasteiger partial charge on any atom is -0.349 e. The second-order valence-corrected chi connectivity index (χ2v) is 8.83. The largest absolute Gasteiger partial charge is 0.349 e. The predicted octanol–water partition coefficient (Wildman–Crippen LogP) is 4.75. The predicted molar refractivity (Wildman–Crippen MR) is 127 cm³/mol. The summed E-state index contributed by atoms with van der Waals surface area (Å²) in [5, 5.41) is 1.48. The molecule has 9 heteroatoms. The number of likely N-dealkylation sites (tertiary alicyclic amines) is 1. The summed E-state index contributed by atoms with van der Waals surface area (Å²) in [6.07, 6.45) is 5.00. The van der Waals surface area contributed by atoms with Crippen LogP contribution in [-0.2, 0) is 4.79 Å². The van der Waals surface area contributed by atoms with Crippen LogP contribution in [0.5, 0.6) is 0 Å². The molecule has 2 aromatic heterocycles. The van der Waals surface area contributed by atoms with Crippen molar-refractivity contribution in [3.63, 3.8) is 0 Å². The van der Waals surface area contributed by atoms with E-state index in [9.17, 15) is 9.18 Å². The minimum atomic E-state index is -0.624. The van der Waals surface area contributed by atoms with Crippen LogP contribution >= 0.6 is 11.6 Å². The molecular formula is C25H18ClF2N5O. The molecule has 2 saturated heterocycles. The summed E-state index contributed by atoms with van der Waals surface area (Å²) in [4.78, 5) is 29.0. The average Bonchev–Trinajstić information content (AvgIpc) is 3.17. The Morgan fingerprint density at radius 3 is 2.82 bits per heavy atom. The lowest BCUT2D eigenvalue weighted by Gasteiger charge is -2.47. The molecule has 0 bridgehead atoms. The van der Waals surface area contributed by atoms with Crippen molar-refractivity contribution in [3.05, 3.63) is 72.2 Å². The Bertz CT molecular complexity index is 1510. The molecule has 0 unspecified atom stereocenters. The molecule has 0 saturated carbocycles. The van der Waals surface area contributed by atoms with Crippen LogP contribution in [0.4, 0.5) is 14.6 Å². The van der Waals surface area contributed by atoms with Crippen LogP contribution in [0.1, 0.15) is 6.42 Å². The molecule has 0 spiro atoms. The maximum Gasteiger partial charge on any atom is 0.246 e. The number of nitrogens with zero attached hydrogens (tertiary/aromatic N) is 5. The van der Waals surface area contributed by atoms with Gasteiger partial charge in [0.2, 0.25) is 5.91 Å². The zero-order valence-corrected chi connectivity index (χ0v) is 18.6. The molecule has 170 valence electrons. The molecule has 4 heterocycles. The standard InChI is InChI=1S/C25H18ClF2N5O/c1-2-19(34)32-9-8-17-18(32)11-33(17)25-15-10-29-23(22(28)24(15)30-12-31-25)14-5-3-4-13-6-7-16(27)21(26)20(13)14/h2-7,10,12,17-18H,1,8-9,11H2/t17-,18-/m1/s1. The Hall–Kier alpha value is -3.65. The van der Waals surface area contributed by atoms with Crippen molar-refractivity contribution in [1.82, 2.24) is 19.9 Å². The van der Waals surface area contributed by atoms with Crippen LogP contribution in [0.15, 0.2) is 55.5 Å². The van der Waals surface area contributed by atoms with E-state index in [-0.39, 0.29) is 34.2 Å². The van der Waals surface area contributed by atoms with Gasteiger partial charge in [0.15, 0.2) is 5.82 Å². The lowest BCUT2D eigenvalue weighted by molar-refractivity contribution is -0.127. The molecule has 2 aliphatic heterocycles. The van der Waals surface area contributed by atoms with Crippen molar-refractivity contribution in [1.29, 1.82) is 0 Å². The number of fused-ring (bicyclic) bond motifs is 3. The molecule has 2 fully saturated rings. The number of anilines is 1. The number of benzene rings is 2. The van der Waals surface area contributed by atoms with E-state index < -0.39 is 11.6 Å². The van der Waals surface area contributed by atoms with Gasteiger partial charge in [0.25, 0.3) is 0 Å². The van der Waals surface area contributed by atoms with Crippen molar-refractivity contribution in [2.24, 2.45) is 0 Å². The van der Waals surface area contributed by atoms with Crippen molar-refractivity contribution in [3.8, 4) is 11.3 Å². The number of amides is 1. The minimum absolute atomic E-state index is 0.0420. The topological polar surface area (TPSA) is 62.2 Å². The lowest BCUT2D eigenvalue weighted by Crippen LogP contribution is -2.63. The first kappa shape index (κ1) is 20.9. The molecule has 34 heavy (non-hydrogen) atoms. The van der Waals surface area contributed by atoms with E-state index in [1.165, 1.54) is 18.5 Å². The Balaban J connectivity index is 1.44. The van der Waals surface area contributed by atoms with Crippen LogP contribution < -0.4 is 4.90 Å². The fourth-order valence-electron chi connectivity index (χ4n) is 5.16. The third-order valence-corrected chi connectivity index (χ3v) is 7.19. The van der Waals surface area contributed by atoms with Crippen molar-refractivity contribution in [2.75, 3.05) is 18.0 Å². The van der Waals surface area contributed by atoms with Gasteiger partial charge in [-0.15, -0.1) is 0 Å². The molecule has 1 amide bonds. The third kappa shape index (κ3) is 2.91. The third-order valence-electron chi connectivity index (χ3n) is 6.82. The fraction of sp³-hybridized carbons (Fsp3) is 0.200. The maximum atomic E-state index is 15.8. The molecule has 6 nitrogen and oxygen atoms in total. The Morgan fingerprint density at radius 1 is 1.15 bits per heavy atom. The highest BCUT2D eigenvalue weighted by Gasteiger charge is 2.49. The van der Waals surface area contributed by atoms with E-state index in [4.69, 9.17) is 11.6 Å². The van der Waals surface area contributed by atoms with E-state index in [1.54, 1.807) is 30.5 Å². The van der Waals surface area contributed by atoms with Gasteiger partial charge in [0.1, 0.15) is 29.2 Å². The highest BCUT2D eigenvalue weighted by atomic mass is 35.5. The number of rotatable bonds is 3. The summed E-state index contributed by atoms with van der Waals surface area (Å²) in [6, 6.07) is 8.26. The van der Waals surface area contributed by atoms with Crippen LogP contribution in [0.3, 0.4) is 0 Å². The van der Waals surface area contributed by atoms with Crippen molar-refractivity contribution < 1.29 is 13.6 Å². The van der Waals surface area contributed by atoms with E-state index in [1.807, 2.05) is 4.90 Å². The molecule has 0 aliphatic carbocycles. The first-order chi connectivity index (χ1) is 16.5.